The largest absolute Gasteiger partial charge is 0.493 e. The second kappa shape index (κ2) is 8.83. The predicted molar refractivity (Wildman–Crippen MR) is 99.0 cm³/mol. The molecule has 130 valence electrons. The Bertz CT molecular complexity index is 665. The van der Waals surface area contributed by atoms with E-state index < -0.39 is 0 Å². The molecule has 0 aliphatic rings. The van der Waals surface area contributed by atoms with Crippen LogP contribution in [0, 0.1) is 5.92 Å². The summed E-state index contributed by atoms with van der Waals surface area (Å²) in [5, 5.41) is 6.11. The van der Waals surface area contributed by atoms with Crippen molar-refractivity contribution in [3.05, 3.63) is 45.9 Å². The summed E-state index contributed by atoms with van der Waals surface area (Å²) in [6, 6.07) is 7.32. The third-order valence-electron chi connectivity index (χ3n) is 3.47. The highest BCUT2D eigenvalue weighted by Gasteiger charge is 2.09. The first kappa shape index (κ1) is 18.5. The summed E-state index contributed by atoms with van der Waals surface area (Å²) >= 11 is 1.65. The lowest BCUT2D eigenvalue weighted by Crippen LogP contribution is -2.25. The Hall–Kier alpha value is -1.88. The molecule has 1 heterocycles. The maximum Gasteiger partial charge on any atom is 0.251 e. The van der Waals surface area contributed by atoms with Crippen molar-refractivity contribution < 1.29 is 9.53 Å². The van der Waals surface area contributed by atoms with Crippen molar-refractivity contribution in [1.82, 2.24) is 10.3 Å². The van der Waals surface area contributed by atoms with Gasteiger partial charge in [0.2, 0.25) is 0 Å². The minimum Gasteiger partial charge on any atom is -0.493 e. The number of rotatable bonds is 8. The van der Waals surface area contributed by atoms with E-state index in [1.54, 1.807) is 23.5 Å². The van der Waals surface area contributed by atoms with Crippen LogP contribution in [0.25, 0.3) is 0 Å². The summed E-state index contributed by atoms with van der Waals surface area (Å²) < 4.78 is 5.67. The number of ether oxygens (including phenoxy) is 1. The van der Waals surface area contributed by atoms with E-state index in [1.165, 1.54) is 0 Å². The van der Waals surface area contributed by atoms with Crippen molar-refractivity contribution in [1.29, 1.82) is 0 Å². The molecule has 0 bridgehead atoms. The van der Waals surface area contributed by atoms with Crippen molar-refractivity contribution in [2.24, 2.45) is 5.92 Å². The molecule has 1 aromatic heterocycles. The van der Waals surface area contributed by atoms with Gasteiger partial charge in [-0.1, -0.05) is 33.8 Å². The Morgan fingerprint density at radius 2 is 2.08 bits per heavy atom. The van der Waals surface area contributed by atoms with Gasteiger partial charge in [0.05, 0.1) is 17.3 Å². The fraction of sp³-hybridized carbons (Fsp3) is 0.474. The van der Waals surface area contributed by atoms with Crippen LogP contribution in [0.15, 0.2) is 29.6 Å². The summed E-state index contributed by atoms with van der Waals surface area (Å²) in [5.74, 6) is 1.55. The van der Waals surface area contributed by atoms with Gasteiger partial charge in [-0.05, 0) is 30.0 Å². The molecule has 0 saturated heterocycles. The van der Waals surface area contributed by atoms with Gasteiger partial charge in [-0.2, -0.15) is 0 Å². The molecular weight excluding hydrogens is 320 g/mol. The van der Waals surface area contributed by atoms with E-state index in [4.69, 9.17) is 4.74 Å². The van der Waals surface area contributed by atoms with Crippen molar-refractivity contribution in [3.8, 4) is 5.75 Å². The number of amides is 1. The fourth-order valence-electron chi connectivity index (χ4n) is 2.08. The number of hydrogen-bond donors (Lipinski definition) is 1. The highest BCUT2D eigenvalue weighted by molar-refractivity contribution is 7.09. The van der Waals surface area contributed by atoms with Crippen LogP contribution in [-0.2, 0) is 6.42 Å². The lowest BCUT2D eigenvalue weighted by Gasteiger charge is -2.10. The van der Waals surface area contributed by atoms with Crippen LogP contribution in [0.5, 0.6) is 5.75 Å². The molecule has 0 aliphatic carbocycles. The Morgan fingerprint density at radius 1 is 1.29 bits per heavy atom. The molecule has 0 unspecified atom stereocenters. The van der Waals surface area contributed by atoms with Crippen LogP contribution in [0.4, 0.5) is 0 Å². The molecule has 0 saturated carbocycles. The second-order valence-electron chi connectivity index (χ2n) is 6.56. The number of benzene rings is 1. The topological polar surface area (TPSA) is 51.2 Å². The van der Waals surface area contributed by atoms with E-state index in [1.807, 2.05) is 12.1 Å². The molecule has 0 atom stereocenters. The van der Waals surface area contributed by atoms with Crippen molar-refractivity contribution in [2.45, 2.75) is 40.0 Å². The lowest BCUT2D eigenvalue weighted by molar-refractivity contribution is 0.0953. The normalized spacial score (nSPS) is 11.1. The molecule has 24 heavy (non-hydrogen) atoms. The zero-order valence-electron chi connectivity index (χ0n) is 14.8. The van der Waals surface area contributed by atoms with Crippen molar-refractivity contribution in [3.63, 3.8) is 0 Å². The fourth-order valence-corrected chi connectivity index (χ4v) is 3.04. The third-order valence-corrected chi connectivity index (χ3v) is 4.39. The molecule has 0 fully saturated rings. The zero-order valence-corrected chi connectivity index (χ0v) is 15.7. The number of hydrogen-bond acceptors (Lipinski definition) is 4. The summed E-state index contributed by atoms with van der Waals surface area (Å²) in [5.41, 5.74) is 1.74. The maximum atomic E-state index is 12.3. The monoisotopic (exact) mass is 346 g/mol. The quantitative estimate of drug-likeness (QED) is 0.776. The van der Waals surface area contributed by atoms with Gasteiger partial charge < -0.3 is 10.1 Å². The minimum absolute atomic E-state index is 0.0781. The number of thiazole rings is 1. The first-order chi connectivity index (χ1) is 11.5. The molecule has 0 aliphatic heterocycles. The Balaban J connectivity index is 1.84. The van der Waals surface area contributed by atoms with Crippen molar-refractivity contribution >= 4 is 17.2 Å². The Kier molecular flexibility index (Phi) is 6.79. The highest BCUT2D eigenvalue weighted by Crippen LogP contribution is 2.18. The number of carbonyl (C=O) groups is 1. The Labute approximate surface area is 148 Å². The van der Waals surface area contributed by atoms with E-state index in [0.29, 0.717) is 30.6 Å². The third kappa shape index (κ3) is 5.64. The van der Waals surface area contributed by atoms with Gasteiger partial charge in [-0.15, -0.1) is 11.3 Å². The predicted octanol–water partition coefficient (Wildman–Crippen LogP) is 4.27. The van der Waals surface area contributed by atoms with Crippen LogP contribution < -0.4 is 10.1 Å². The molecule has 2 rings (SSSR count). The minimum atomic E-state index is -0.0781. The SMILES string of the molecule is CC(C)COc1cccc(C(=O)NCCc2nc(C(C)C)cs2)c1. The van der Waals surface area contributed by atoms with Crippen LogP contribution in [0.3, 0.4) is 0 Å². The van der Waals surface area contributed by atoms with E-state index in [2.05, 4.69) is 43.4 Å². The number of nitrogens with zero attached hydrogens (tertiary/aromatic N) is 1. The summed E-state index contributed by atoms with van der Waals surface area (Å²) in [4.78, 5) is 16.8. The standard InChI is InChI=1S/C19H26N2O2S/c1-13(2)11-23-16-7-5-6-15(10-16)19(22)20-9-8-18-21-17(12-24-18)14(3)4/h5-7,10,12-14H,8-9,11H2,1-4H3,(H,20,22). The number of carbonyl (C=O) groups excluding carboxylic acids is 1. The lowest BCUT2D eigenvalue weighted by atomic mass is 10.2. The molecular formula is C19H26N2O2S. The molecule has 2 aromatic rings. The smallest absolute Gasteiger partial charge is 0.251 e. The van der Waals surface area contributed by atoms with Crippen LogP contribution in [0.2, 0.25) is 0 Å². The van der Waals surface area contributed by atoms with Crippen LogP contribution >= 0.6 is 11.3 Å². The Morgan fingerprint density at radius 3 is 2.75 bits per heavy atom. The second-order valence-corrected chi connectivity index (χ2v) is 7.50. The molecule has 1 amide bonds. The van der Waals surface area contributed by atoms with E-state index in [0.717, 1.165) is 22.9 Å². The number of nitrogens with one attached hydrogen (secondary N) is 1. The van der Waals surface area contributed by atoms with Gasteiger partial charge in [-0.3, -0.25) is 4.79 Å². The molecule has 5 heteroatoms. The van der Waals surface area contributed by atoms with Gasteiger partial charge in [0.15, 0.2) is 0 Å². The number of aromatic nitrogens is 1. The van der Waals surface area contributed by atoms with E-state index in [9.17, 15) is 4.79 Å². The summed E-state index contributed by atoms with van der Waals surface area (Å²) in [6.45, 7) is 9.69. The highest BCUT2D eigenvalue weighted by atomic mass is 32.1. The average molecular weight is 346 g/mol. The van der Waals surface area contributed by atoms with Crippen LogP contribution in [-0.4, -0.2) is 24.0 Å². The van der Waals surface area contributed by atoms with Gasteiger partial charge >= 0.3 is 0 Å². The molecule has 0 spiro atoms. The maximum absolute atomic E-state index is 12.3. The summed E-state index contributed by atoms with van der Waals surface area (Å²) in [6.07, 6.45) is 0.757. The summed E-state index contributed by atoms with van der Waals surface area (Å²) in [7, 11) is 0. The average Bonchev–Trinajstić information content (AvgIpc) is 3.02. The molecule has 4 nitrogen and oxygen atoms in total. The van der Waals surface area contributed by atoms with Crippen molar-refractivity contribution in [2.75, 3.05) is 13.2 Å². The van der Waals surface area contributed by atoms with E-state index >= 15 is 0 Å². The van der Waals surface area contributed by atoms with Crippen LogP contribution in [0.1, 0.15) is 54.7 Å². The molecule has 0 radical (unpaired) electrons. The van der Waals surface area contributed by atoms with Gasteiger partial charge in [-0.25, -0.2) is 4.98 Å². The first-order valence-electron chi connectivity index (χ1n) is 8.41. The van der Waals surface area contributed by atoms with Gasteiger partial charge in [0, 0.05) is 23.9 Å². The van der Waals surface area contributed by atoms with Gasteiger partial charge in [0.1, 0.15) is 5.75 Å². The first-order valence-corrected chi connectivity index (χ1v) is 9.29. The van der Waals surface area contributed by atoms with E-state index in [-0.39, 0.29) is 5.91 Å². The zero-order chi connectivity index (χ0) is 17.5. The van der Waals surface area contributed by atoms with Gasteiger partial charge in [0.25, 0.3) is 5.91 Å². The molecule has 1 N–H and O–H groups in total. The molecule has 1 aromatic carbocycles.